The van der Waals surface area contributed by atoms with Gasteiger partial charge in [0.2, 0.25) is 10.0 Å². The molecule has 0 atom stereocenters. The molecule has 1 N–H and O–H groups in total. The molecule has 1 saturated heterocycles. The summed E-state index contributed by atoms with van der Waals surface area (Å²) >= 11 is 7.81. The van der Waals surface area contributed by atoms with Crippen molar-refractivity contribution in [3.63, 3.8) is 0 Å². The van der Waals surface area contributed by atoms with Crippen LogP contribution in [0.5, 0.6) is 0 Å². The third kappa shape index (κ3) is 6.77. The van der Waals surface area contributed by atoms with Gasteiger partial charge in [0.25, 0.3) is 0 Å². The molecule has 1 fully saturated rings. The van der Waals surface area contributed by atoms with Gasteiger partial charge in [-0.2, -0.15) is 11.8 Å². The van der Waals surface area contributed by atoms with E-state index in [1.807, 2.05) is 35.8 Å². The van der Waals surface area contributed by atoms with Crippen LogP contribution in [0.3, 0.4) is 0 Å². The molecule has 1 aliphatic heterocycles. The van der Waals surface area contributed by atoms with Gasteiger partial charge in [-0.25, -0.2) is 12.7 Å². The van der Waals surface area contributed by atoms with Crippen LogP contribution in [0.25, 0.3) is 0 Å². The number of nitrogens with one attached hydrogen (secondary N) is 1. The van der Waals surface area contributed by atoms with Crippen molar-refractivity contribution >= 4 is 63.3 Å². The lowest BCUT2D eigenvalue weighted by molar-refractivity contribution is 0.441. The van der Waals surface area contributed by atoms with Gasteiger partial charge in [-0.3, -0.25) is 4.99 Å². The number of halogens is 2. The Morgan fingerprint density at radius 3 is 2.62 bits per heavy atom. The normalized spacial score (nSPS) is 16.2. The Morgan fingerprint density at radius 1 is 1.42 bits per heavy atom. The zero-order valence-electron chi connectivity index (χ0n) is 15.3. The van der Waals surface area contributed by atoms with Crippen LogP contribution in [-0.4, -0.2) is 79.1 Å². The maximum absolute atomic E-state index is 12.4. The van der Waals surface area contributed by atoms with Gasteiger partial charge in [0.05, 0.1) is 17.3 Å². The molecule has 0 spiro atoms. The maximum atomic E-state index is 12.4. The Balaban J connectivity index is 0.00000338. The van der Waals surface area contributed by atoms with Crippen molar-refractivity contribution in [2.45, 2.75) is 6.54 Å². The minimum absolute atomic E-state index is 0. The van der Waals surface area contributed by atoms with E-state index < -0.39 is 10.0 Å². The molecule has 1 aliphatic rings. The number of aliphatic imine (C=N–C) groups is 1. The molecule has 0 aliphatic carbocycles. The number of hydrogen-bond acceptors (Lipinski definition) is 4. The van der Waals surface area contributed by atoms with E-state index in [0.29, 0.717) is 37.2 Å². The van der Waals surface area contributed by atoms with E-state index in [-0.39, 0.29) is 29.7 Å². The van der Waals surface area contributed by atoms with Crippen LogP contribution in [0.4, 0.5) is 0 Å². The number of aryl methyl sites for hydroxylation is 1. The summed E-state index contributed by atoms with van der Waals surface area (Å²) in [6, 6.07) is 1.91. The monoisotopic (exact) mass is 535 g/mol. The van der Waals surface area contributed by atoms with E-state index in [0.717, 1.165) is 17.2 Å². The molecule has 0 unspecified atom stereocenters. The Morgan fingerprint density at radius 2 is 2.08 bits per heavy atom. The second-order valence-electron chi connectivity index (χ2n) is 5.92. The van der Waals surface area contributed by atoms with Gasteiger partial charge in [-0.05, 0) is 6.07 Å². The molecule has 2 heterocycles. The van der Waals surface area contributed by atoms with Crippen molar-refractivity contribution in [1.29, 1.82) is 0 Å². The summed E-state index contributed by atoms with van der Waals surface area (Å²) in [4.78, 5) is 6.17. The largest absolute Gasteiger partial charge is 0.355 e. The second kappa shape index (κ2) is 11.0. The highest BCUT2D eigenvalue weighted by molar-refractivity contribution is 14.0. The molecule has 11 heteroatoms. The van der Waals surface area contributed by atoms with Gasteiger partial charge >= 0.3 is 0 Å². The van der Waals surface area contributed by atoms with Crippen molar-refractivity contribution in [2.75, 3.05) is 51.0 Å². The van der Waals surface area contributed by atoms with Crippen LogP contribution in [0.15, 0.2) is 17.3 Å². The quantitative estimate of drug-likeness (QED) is 0.341. The Kier molecular flexibility index (Phi) is 10.1. The fourth-order valence-electron chi connectivity index (χ4n) is 2.67. The van der Waals surface area contributed by atoms with Gasteiger partial charge in [0.15, 0.2) is 5.96 Å². The summed E-state index contributed by atoms with van der Waals surface area (Å²) in [5, 5.41) is 3.83. The molecule has 0 aromatic carbocycles. The van der Waals surface area contributed by atoms with E-state index in [2.05, 4.69) is 10.3 Å². The number of nitrogens with zero attached hydrogens (tertiary/aromatic N) is 4. The first-order valence-electron chi connectivity index (χ1n) is 8.11. The van der Waals surface area contributed by atoms with Crippen LogP contribution in [0, 0.1) is 0 Å². The number of rotatable bonds is 6. The zero-order chi connectivity index (χ0) is 18.4. The van der Waals surface area contributed by atoms with E-state index in [4.69, 9.17) is 11.6 Å². The fourth-order valence-corrected chi connectivity index (χ4v) is 5.44. The van der Waals surface area contributed by atoms with Gasteiger partial charge < -0.3 is 14.8 Å². The molecule has 0 radical (unpaired) electrons. The topological polar surface area (TPSA) is 69.9 Å². The van der Waals surface area contributed by atoms with Crippen LogP contribution >= 0.6 is 47.3 Å². The van der Waals surface area contributed by atoms with Gasteiger partial charge in [-0.1, -0.05) is 11.6 Å². The first-order chi connectivity index (χ1) is 11.8. The molecule has 150 valence electrons. The predicted molar refractivity (Wildman–Crippen MR) is 121 cm³/mol. The minimum atomic E-state index is -3.21. The highest BCUT2D eigenvalue weighted by Crippen LogP contribution is 2.14. The number of thioether (sulfide) groups is 1. The fraction of sp³-hybridized carbons (Fsp3) is 0.667. The lowest BCUT2D eigenvalue weighted by Crippen LogP contribution is -2.44. The molecule has 1 aromatic heterocycles. The summed E-state index contributed by atoms with van der Waals surface area (Å²) in [5.74, 6) is 2.47. The van der Waals surface area contributed by atoms with E-state index in [1.165, 1.54) is 0 Å². The van der Waals surface area contributed by atoms with Crippen molar-refractivity contribution in [2.24, 2.45) is 12.0 Å². The number of guanidine groups is 1. The van der Waals surface area contributed by atoms with E-state index in [9.17, 15) is 8.42 Å². The Bertz CT molecular complexity index is 705. The Labute approximate surface area is 182 Å². The molecule has 0 bridgehead atoms. The average Bonchev–Trinajstić information content (AvgIpc) is 2.89. The minimum Gasteiger partial charge on any atom is -0.355 e. The number of aromatic nitrogens is 1. The first kappa shape index (κ1) is 23.9. The van der Waals surface area contributed by atoms with Crippen molar-refractivity contribution < 1.29 is 8.42 Å². The van der Waals surface area contributed by atoms with E-state index in [1.54, 1.807) is 23.1 Å². The van der Waals surface area contributed by atoms with Crippen LogP contribution in [-0.2, 0) is 23.6 Å². The third-order valence-corrected chi connectivity index (χ3v) is 7.07. The molecular weight excluding hydrogens is 509 g/mol. The van der Waals surface area contributed by atoms with Gasteiger partial charge in [-0.15, -0.1) is 24.0 Å². The highest BCUT2D eigenvalue weighted by atomic mass is 127. The number of hydrogen-bond donors (Lipinski definition) is 1. The summed E-state index contributed by atoms with van der Waals surface area (Å²) in [6.07, 6.45) is 1.85. The van der Waals surface area contributed by atoms with Gasteiger partial charge in [0.1, 0.15) is 0 Å². The van der Waals surface area contributed by atoms with Crippen molar-refractivity contribution in [3.8, 4) is 0 Å². The maximum Gasteiger partial charge on any atom is 0.215 e. The third-order valence-electron chi connectivity index (χ3n) is 4.05. The number of sulfonamides is 1. The first-order valence-corrected chi connectivity index (χ1v) is 11.3. The SMILES string of the molecule is CN=C(NCCS(=O)(=O)N1CCSCC1)N(C)Cc1cc(Cl)cn1C.I. The summed E-state index contributed by atoms with van der Waals surface area (Å²) < 4.78 is 28.3. The summed E-state index contributed by atoms with van der Waals surface area (Å²) in [5.41, 5.74) is 1.05. The Hall–Kier alpha value is -0.170. The van der Waals surface area contributed by atoms with Crippen LogP contribution < -0.4 is 5.32 Å². The summed E-state index contributed by atoms with van der Waals surface area (Å²) in [7, 11) is 2.32. The molecule has 26 heavy (non-hydrogen) atoms. The lowest BCUT2D eigenvalue weighted by atomic mass is 10.4. The molecule has 1 aromatic rings. The highest BCUT2D eigenvalue weighted by Gasteiger charge is 2.23. The molecule has 0 amide bonds. The second-order valence-corrected chi connectivity index (χ2v) is 9.67. The molecule has 7 nitrogen and oxygen atoms in total. The van der Waals surface area contributed by atoms with Gasteiger partial charge in [0, 0.05) is 64.2 Å². The smallest absolute Gasteiger partial charge is 0.215 e. The predicted octanol–water partition coefficient (Wildman–Crippen LogP) is 1.68. The average molecular weight is 536 g/mol. The van der Waals surface area contributed by atoms with Crippen LogP contribution in [0.1, 0.15) is 5.69 Å². The van der Waals surface area contributed by atoms with Crippen molar-refractivity contribution in [1.82, 2.24) is 19.1 Å². The molecule has 2 rings (SSSR count). The van der Waals surface area contributed by atoms with E-state index >= 15 is 0 Å². The van der Waals surface area contributed by atoms with Crippen molar-refractivity contribution in [3.05, 3.63) is 23.0 Å². The zero-order valence-corrected chi connectivity index (χ0v) is 20.0. The van der Waals surface area contributed by atoms with Crippen LogP contribution in [0.2, 0.25) is 5.02 Å². The molecule has 0 saturated carbocycles. The molecular formula is C15H27ClIN5O2S2. The summed E-state index contributed by atoms with van der Waals surface area (Å²) in [6.45, 7) is 2.17. The standard InChI is InChI=1S/C15H26ClN5O2S2.HI/c1-17-15(20(3)12-14-10-13(16)11-19(14)2)18-4-9-25(22,23)21-5-7-24-8-6-21;/h10-11H,4-9,12H2,1-3H3,(H,17,18);1H. The lowest BCUT2D eigenvalue weighted by Gasteiger charge is -2.26.